The second-order valence-corrected chi connectivity index (χ2v) is 9.28. The minimum Gasteiger partial charge on any atom is -0.429 e. The fourth-order valence-electron chi connectivity index (χ4n) is 3.61. The van der Waals surface area contributed by atoms with Crippen molar-refractivity contribution >= 4 is 21.6 Å². The Labute approximate surface area is 200 Å². The van der Waals surface area contributed by atoms with Crippen molar-refractivity contribution in [1.82, 2.24) is 4.98 Å². The van der Waals surface area contributed by atoms with Crippen LogP contribution >= 0.6 is 11.3 Å². The zero-order valence-electron chi connectivity index (χ0n) is 18.2. The molecule has 0 radical (unpaired) electrons. The Hall–Kier alpha value is -3.08. The van der Waals surface area contributed by atoms with Crippen LogP contribution < -0.4 is 4.74 Å². The standard InChI is InChI=1S/C25H18F5NO3S/c1-13-11-32-24(33-12-13)15-4-7-20-21(8-15)35-23(31-20)14-2-5-16(6-3-14)25(29,30)34-17-9-18(26)22(28)19(27)10-17/h2-10,13,24H,11-12H2,1H3. The number of thiazole rings is 1. The highest BCUT2D eigenvalue weighted by Gasteiger charge is 2.35. The van der Waals surface area contributed by atoms with Gasteiger partial charge in [-0.25, -0.2) is 18.2 Å². The molecule has 3 aromatic carbocycles. The first kappa shape index (κ1) is 23.7. The Bertz CT molecular complexity index is 1340. The van der Waals surface area contributed by atoms with E-state index >= 15 is 0 Å². The first-order valence-electron chi connectivity index (χ1n) is 10.7. The number of ether oxygens (including phenoxy) is 3. The summed E-state index contributed by atoms with van der Waals surface area (Å²) < 4.78 is 85.7. The molecule has 1 saturated heterocycles. The molecule has 0 bridgehead atoms. The highest BCUT2D eigenvalue weighted by atomic mass is 32.1. The highest BCUT2D eigenvalue weighted by molar-refractivity contribution is 7.21. The Kier molecular flexibility index (Phi) is 6.20. The molecule has 1 aliphatic rings. The molecule has 0 atom stereocenters. The summed E-state index contributed by atoms with van der Waals surface area (Å²) in [6.45, 7) is 3.27. The van der Waals surface area contributed by atoms with Crippen LogP contribution in [-0.2, 0) is 15.6 Å². The number of hydrogen-bond acceptors (Lipinski definition) is 5. The molecule has 4 nitrogen and oxygen atoms in total. The third-order valence-electron chi connectivity index (χ3n) is 5.42. The van der Waals surface area contributed by atoms with Crippen molar-refractivity contribution in [2.45, 2.75) is 19.3 Å². The Morgan fingerprint density at radius 3 is 2.26 bits per heavy atom. The lowest BCUT2D eigenvalue weighted by molar-refractivity contribution is -0.202. The van der Waals surface area contributed by atoms with E-state index in [4.69, 9.17) is 9.47 Å². The van der Waals surface area contributed by atoms with Crippen LogP contribution in [0, 0.1) is 23.4 Å². The van der Waals surface area contributed by atoms with Crippen molar-refractivity contribution in [3.05, 3.63) is 83.2 Å². The molecule has 182 valence electrons. The molecule has 35 heavy (non-hydrogen) atoms. The van der Waals surface area contributed by atoms with Crippen LogP contribution in [0.1, 0.15) is 24.3 Å². The zero-order valence-corrected chi connectivity index (χ0v) is 19.1. The van der Waals surface area contributed by atoms with Gasteiger partial charge in [-0.05, 0) is 24.3 Å². The summed E-state index contributed by atoms with van der Waals surface area (Å²) >= 11 is 1.39. The zero-order chi connectivity index (χ0) is 24.7. The van der Waals surface area contributed by atoms with Crippen molar-refractivity contribution in [2.24, 2.45) is 5.92 Å². The van der Waals surface area contributed by atoms with Gasteiger partial charge in [0.15, 0.2) is 23.7 Å². The fourth-order valence-corrected chi connectivity index (χ4v) is 4.63. The van der Waals surface area contributed by atoms with Crippen LogP contribution in [0.15, 0.2) is 54.6 Å². The third-order valence-corrected chi connectivity index (χ3v) is 6.49. The van der Waals surface area contributed by atoms with E-state index < -0.39 is 41.2 Å². The number of rotatable bonds is 5. The normalized spacial score (nSPS) is 18.7. The second kappa shape index (κ2) is 9.18. The Morgan fingerprint density at radius 1 is 0.943 bits per heavy atom. The number of benzene rings is 3. The maximum absolute atomic E-state index is 14.6. The van der Waals surface area contributed by atoms with E-state index in [1.807, 2.05) is 25.1 Å². The number of nitrogens with zero attached hydrogens (tertiary/aromatic N) is 1. The first-order chi connectivity index (χ1) is 16.7. The van der Waals surface area contributed by atoms with E-state index in [1.165, 1.54) is 23.5 Å². The van der Waals surface area contributed by atoms with Gasteiger partial charge in [0.2, 0.25) is 0 Å². The molecule has 1 fully saturated rings. The van der Waals surface area contributed by atoms with E-state index in [0.29, 0.717) is 41.8 Å². The molecular formula is C25H18F5NO3S. The average Bonchev–Trinajstić information content (AvgIpc) is 3.26. The van der Waals surface area contributed by atoms with E-state index in [1.54, 1.807) is 0 Å². The molecule has 0 amide bonds. The monoisotopic (exact) mass is 507 g/mol. The maximum atomic E-state index is 14.6. The first-order valence-corrected chi connectivity index (χ1v) is 11.5. The Morgan fingerprint density at radius 2 is 1.60 bits per heavy atom. The van der Waals surface area contributed by atoms with Crippen molar-refractivity contribution in [2.75, 3.05) is 13.2 Å². The number of fused-ring (bicyclic) bond motifs is 1. The van der Waals surface area contributed by atoms with Gasteiger partial charge >= 0.3 is 6.11 Å². The summed E-state index contributed by atoms with van der Waals surface area (Å²) in [6, 6.07) is 11.6. The summed E-state index contributed by atoms with van der Waals surface area (Å²) in [6.07, 6.45) is -4.35. The van der Waals surface area contributed by atoms with Crippen molar-refractivity contribution in [3.63, 3.8) is 0 Å². The lowest BCUT2D eigenvalue weighted by atomic mass is 10.1. The molecule has 0 spiro atoms. The summed E-state index contributed by atoms with van der Waals surface area (Å²) in [5, 5.41) is 0.620. The molecule has 1 aliphatic heterocycles. The molecule has 0 N–H and O–H groups in total. The molecule has 0 aliphatic carbocycles. The van der Waals surface area contributed by atoms with E-state index in [0.717, 1.165) is 27.9 Å². The quantitative estimate of drug-likeness (QED) is 0.212. The lowest BCUT2D eigenvalue weighted by Gasteiger charge is -2.27. The largest absolute Gasteiger partial charge is 0.429 e. The van der Waals surface area contributed by atoms with Crippen LogP contribution in [-0.4, -0.2) is 18.2 Å². The van der Waals surface area contributed by atoms with Crippen molar-refractivity contribution in [1.29, 1.82) is 0 Å². The SMILES string of the molecule is CC1COC(c2ccc3nc(-c4ccc(C(F)(F)Oc5cc(F)c(F)c(F)c5)cc4)sc3c2)OC1. The number of halogens is 5. The van der Waals surface area contributed by atoms with Crippen LogP contribution in [0.3, 0.4) is 0 Å². The number of aromatic nitrogens is 1. The molecule has 2 heterocycles. The molecule has 0 saturated carbocycles. The van der Waals surface area contributed by atoms with Crippen LogP contribution in [0.2, 0.25) is 0 Å². The third kappa shape index (κ3) is 4.86. The van der Waals surface area contributed by atoms with E-state index in [-0.39, 0.29) is 0 Å². The van der Waals surface area contributed by atoms with Gasteiger partial charge in [0.25, 0.3) is 0 Å². The average molecular weight is 507 g/mol. The number of alkyl halides is 2. The van der Waals surface area contributed by atoms with Crippen LogP contribution in [0.4, 0.5) is 22.0 Å². The van der Waals surface area contributed by atoms with Gasteiger partial charge in [0.1, 0.15) is 10.8 Å². The fraction of sp³-hybridized carbons (Fsp3) is 0.240. The maximum Gasteiger partial charge on any atom is 0.426 e. The summed E-state index contributed by atoms with van der Waals surface area (Å²) in [4.78, 5) is 4.57. The lowest BCUT2D eigenvalue weighted by Crippen LogP contribution is -2.24. The second-order valence-electron chi connectivity index (χ2n) is 8.25. The van der Waals surface area contributed by atoms with Crippen molar-refractivity contribution in [3.8, 4) is 16.3 Å². The van der Waals surface area contributed by atoms with Crippen molar-refractivity contribution < 1.29 is 36.2 Å². The highest BCUT2D eigenvalue weighted by Crippen LogP contribution is 2.36. The number of hydrogen-bond donors (Lipinski definition) is 0. The minimum absolute atomic E-state index is 0.337. The minimum atomic E-state index is -3.91. The topological polar surface area (TPSA) is 40.6 Å². The smallest absolute Gasteiger partial charge is 0.426 e. The summed E-state index contributed by atoms with van der Waals surface area (Å²) in [7, 11) is 0. The van der Waals surface area contributed by atoms with Gasteiger partial charge in [-0.15, -0.1) is 11.3 Å². The van der Waals surface area contributed by atoms with E-state index in [2.05, 4.69) is 9.72 Å². The predicted molar refractivity (Wildman–Crippen MR) is 120 cm³/mol. The molecule has 10 heteroatoms. The van der Waals surface area contributed by atoms with Crippen LogP contribution in [0.25, 0.3) is 20.8 Å². The Balaban J connectivity index is 1.35. The van der Waals surface area contributed by atoms with Gasteiger partial charge < -0.3 is 14.2 Å². The van der Waals surface area contributed by atoms with Gasteiger partial charge in [0.05, 0.1) is 29.0 Å². The molecule has 1 aromatic heterocycles. The van der Waals surface area contributed by atoms with E-state index in [9.17, 15) is 22.0 Å². The predicted octanol–water partition coefficient (Wildman–Crippen LogP) is 7.19. The van der Waals surface area contributed by atoms with Gasteiger partial charge in [-0.2, -0.15) is 8.78 Å². The van der Waals surface area contributed by atoms with Gasteiger partial charge in [-0.3, -0.25) is 0 Å². The van der Waals surface area contributed by atoms with Gasteiger partial charge in [0, 0.05) is 29.2 Å². The summed E-state index contributed by atoms with van der Waals surface area (Å²) in [5.41, 5.74) is 1.68. The molecule has 0 unspecified atom stereocenters. The van der Waals surface area contributed by atoms with Crippen LogP contribution in [0.5, 0.6) is 5.75 Å². The molecule has 4 aromatic rings. The summed E-state index contributed by atoms with van der Waals surface area (Å²) in [5.74, 6) is -5.51. The van der Waals surface area contributed by atoms with Gasteiger partial charge in [-0.1, -0.05) is 25.1 Å². The molecule has 5 rings (SSSR count). The molecular weight excluding hydrogens is 489 g/mol.